The minimum Gasteiger partial charge on any atom is -0.459 e. The first-order valence-corrected chi connectivity index (χ1v) is 6.43. The lowest BCUT2D eigenvalue weighted by molar-refractivity contribution is 0.484. The predicted molar refractivity (Wildman–Crippen MR) is 70.4 cm³/mol. The van der Waals surface area contributed by atoms with Gasteiger partial charge in [-0.2, -0.15) is 0 Å². The van der Waals surface area contributed by atoms with E-state index >= 15 is 0 Å². The molecule has 4 heteroatoms. The van der Waals surface area contributed by atoms with Crippen molar-refractivity contribution in [2.45, 2.75) is 20.4 Å². The Kier molecular flexibility index (Phi) is 3.84. The number of benzene rings is 1. The molecule has 0 fully saturated rings. The van der Waals surface area contributed by atoms with E-state index < -0.39 is 0 Å². The lowest BCUT2D eigenvalue weighted by atomic mass is 10.2. The standard InChI is InChI=1S/C13H15BrFNO/c1-8(2)6-16-7-11-4-9-3-10(15)5-12(14)13(9)17-11/h3-5,8,16H,6-7H2,1-2H3. The van der Waals surface area contributed by atoms with Gasteiger partial charge in [-0.15, -0.1) is 0 Å². The van der Waals surface area contributed by atoms with Crippen molar-refractivity contribution in [3.63, 3.8) is 0 Å². The van der Waals surface area contributed by atoms with Crippen molar-refractivity contribution in [1.29, 1.82) is 0 Å². The molecule has 1 aromatic heterocycles. The Morgan fingerprint density at radius 2 is 2.12 bits per heavy atom. The molecule has 1 heterocycles. The van der Waals surface area contributed by atoms with Crippen LogP contribution in [0.25, 0.3) is 11.0 Å². The monoisotopic (exact) mass is 299 g/mol. The van der Waals surface area contributed by atoms with Gasteiger partial charge in [0.2, 0.25) is 0 Å². The lowest BCUT2D eigenvalue weighted by Gasteiger charge is -2.04. The molecule has 0 amide bonds. The van der Waals surface area contributed by atoms with E-state index in [0.717, 1.165) is 17.7 Å². The SMILES string of the molecule is CC(C)CNCc1cc2cc(F)cc(Br)c2o1. The van der Waals surface area contributed by atoms with Gasteiger partial charge in [-0.25, -0.2) is 4.39 Å². The molecule has 0 unspecified atom stereocenters. The molecule has 1 N–H and O–H groups in total. The Hall–Kier alpha value is -0.870. The summed E-state index contributed by atoms with van der Waals surface area (Å²) in [6.07, 6.45) is 0. The summed E-state index contributed by atoms with van der Waals surface area (Å²) in [5.74, 6) is 1.17. The van der Waals surface area contributed by atoms with Crippen LogP contribution >= 0.6 is 15.9 Å². The van der Waals surface area contributed by atoms with E-state index in [0.29, 0.717) is 22.5 Å². The molecule has 0 radical (unpaired) electrons. The van der Waals surface area contributed by atoms with Gasteiger partial charge in [-0.1, -0.05) is 13.8 Å². The van der Waals surface area contributed by atoms with Crippen molar-refractivity contribution in [1.82, 2.24) is 5.32 Å². The lowest BCUT2D eigenvalue weighted by Crippen LogP contribution is -2.18. The van der Waals surface area contributed by atoms with Crippen molar-refractivity contribution in [2.75, 3.05) is 6.54 Å². The van der Waals surface area contributed by atoms with Crippen LogP contribution in [0.2, 0.25) is 0 Å². The number of fused-ring (bicyclic) bond motifs is 1. The average Bonchev–Trinajstić information content (AvgIpc) is 2.60. The Morgan fingerprint density at radius 1 is 1.35 bits per heavy atom. The van der Waals surface area contributed by atoms with Crippen LogP contribution in [0.15, 0.2) is 27.1 Å². The summed E-state index contributed by atoms with van der Waals surface area (Å²) in [6, 6.07) is 4.77. The summed E-state index contributed by atoms with van der Waals surface area (Å²) < 4.78 is 19.5. The summed E-state index contributed by atoms with van der Waals surface area (Å²) in [7, 11) is 0. The number of hydrogen-bond acceptors (Lipinski definition) is 2. The van der Waals surface area contributed by atoms with E-state index in [2.05, 4.69) is 35.1 Å². The molecule has 2 aromatic rings. The summed E-state index contributed by atoms with van der Waals surface area (Å²) in [6.45, 7) is 5.91. The maximum Gasteiger partial charge on any atom is 0.148 e. The second kappa shape index (κ2) is 5.19. The van der Waals surface area contributed by atoms with Crippen LogP contribution in [-0.2, 0) is 6.54 Å². The van der Waals surface area contributed by atoms with Gasteiger partial charge in [0.1, 0.15) is 17.2 Å². The largest absolute Gasteiger partial charge is 0.459 e. The van der Waals surface area contributed by atoms with Crippen LogP contribution in [-0.4, -0.2) is 6.54 Å². The zero-order chi connectivity index (χ0) is 12.4. The third-order valence-corrected chi connectivity index (χ3v) is 3.03. The zero-order valence-corrected chi connectivity index (χ0v) is 11.5. The van der Waals surface area contributed by atoms with Crippen molar-refractivity contribution in [3.05, 3.63) is 34.2 Å². The Balaban J connectivity index is 2.17. The smallest absolute Gasteiger partial charge is 0.148 e. The fraction of sp³-hybridized carbons (Fsp3) is 0.385. The molecular weight excluding hydrogens is 285 g/mol. The quantitative estimate of drug-likeness (QED) is 0.920. The highest BCUT2D eigenvalue weighted by Crippen LogP contribution is 2.28. The van der Waals surface area contributed by atoms with Gasteiger partial charge in [0.15, 0.2) is 0 Å². The minimum atomic E-state index is -0.258. The molecule has 1 aromatic carbocycles. The number of rotatable bonds is 4. The predicted octanol–water partition coefficient (Wildman–Crippen LogP) is 4.08. The molecular formula is C13H15BrFNO. The zero-order valence-electron chi connectivity index (χ0n) is 9.89. The van der Waals surface area contributed by atoms with Gasteiger partial charge >= 0.3 is 0 Å². The second-order valence-corrected chi connectivity index (χ2v) is 5.40. The van der Waals surface area contributed by atoms with Crippen LogP contribution in [0.1, 0.15) is 19.6 Å². The number of nitrogens with one attached hydrogen (secondary N) is 1. The third kappa shape index (κ3) is 3.07. The van der Waals surface area contributed by atoms with Gasteiger partial charge in [0, 0.05) is 5.39 Å². The summed E-state index contributed by atoms with van der Waals surface area (Å²) in [5, 5.41) is 4.08. The minimum absolute atomic E-state index is 0.258. The van der Waals surface area contributed by atoms with Crippen molar-refractivity contribution >= 4 is 26.9 Å². The Bertz CT molecular complexity index is 521. The van der Waals surface area contributed by atoms with Gasteiger partial charge in [0.05, 0.1) is 11.0 Å². The van der Waals surface area contributed by atoms with Crippen molar-refractivity contribution in [3.8, 4) is 0 Å². The molecule has 0 aliphatic rings. The topological polar surface area (TPSA) is 25.2 Å². The molecule has 2 nitrogen and oxygen atoms in total. The molecule has 17 heavy (non-hydrogen) atoms. The van der Waals surface area contributed by atoms with E-state index in [1.54, 1.807) is 0 Å². The molecule has 0 aliphatic carbocycles. The van der Waals surface area contributed by atoms with Gasteiger partial charge in [0.25, 0.3) is 0 Å². The molecule has 0 spiro atoms. The Labute approximate surface area is 108 Å². The van der Waals surface area contributed by atoms with Crippen LogP contribution in [0.3, 0.4) is 0 Å². The van der Waals surface area contributed by atoms with Gasteiger partial charge < -0.3 is 9.73 Å². The van der Waals surface area contributed by atoms with Gasteiger partial charge in [-0.3, -0.25) is 0 Å². The maximum absolute atomic E-state index is 13.2. The maximum atomic E-state index is 13.2. The molecule has 0 saturated carbocycles. The second-order valence-electron chi connectivity index (χ2n) is 4.54. The van der Waals surface area contributed by atoms with E-state index in [1.165, 1.54) is 12.1 Å². The molecule has 0 aliphatic heterocycles. The van der Waals surface area contributed by atoms with Crippen LogP contribution in [0.4, 0.5) is 4.39 Å². The summed E-state index contributed by atoms with van der Waals surface area (Å²) in [4.78, 5) is 0. The normalized spacial score (nSPS) is 11.6. The highest BCUT2D eigenvalue weighted by molar-refractivity contribution is 9.10. The van der Waals surface area contributed by atoms with Crippen molar-refractivity contribution in [2.24, 2.45) is 5.92 Å². The number of furan rings is 1. The molecule has 92 valence electrons. The molecule has 0 saturated heterocycles. The van der Waals surface area contributed by atoms with E-state index in [4.69, 9.17) is 4.42 Å². The first-order valence-electron chi connectivity index (χ1n) is 5.64. The number of halogens is 2. The van der Waals surface area contributed by atoms with Crippen LogP contribution in [0.5, 0.6) is 0 Å². The first-order chi connectivity index (χ1) is 8.06. The summed E-state index contributed by atoms with van der Waals surface area (Å²) >= 11 is 3.30. The average molecular weight is 300 g/mol. The first kappa shape index (κ1) is 12.6. The summed E-state index contributed by atoms with van der Waals surface area (Å²) in [5.41, 5.74) is 0.702. The van der Waals surface area contributed by atoms with Gasteiger partial charge in [-0.05, 0) is 46.6 Å². The molecule has 0 atom stereocenters. The highest BCUT2D eigenvalue weighted by atomic mass is 79.9. The van der Waals surface area contributed by atoms with E-state index in [1.807, 2.05) is 6.07 Å². The number of hydrogen-bond donors (Lipinski definition) is 1. The highest BCUT2D eigenvalue weighted by Gasteiger charge is 2.08. The fourth-order valence-corrected chi connectivity index (χ4v) is 2.23. The van der Waals surface area contributed by atoms with E-state index in [9.17, 15) is 4.39 Å². The fourth-order valence-electron chi connectivity index (χ4n) is 1.70. The van der Waals surface area contributed by atoms with Crippen LogP contribution in [0, 0.1) is 11.7 Å². The molecule has 0 bridgehead atoms. The Morgan fingerprint density at radius 3 is 2.82 bits per heavy atom. The van der Waals surface area contributed by atoms with Crippen LogP contribution < -0.4 is 5.32 Å². The molecule has 2 rings (SSSR count). The van der Waals surface area contributed by atoms with E-state index in [-0.39, 0.29) is 5.82 Å². The third-order valence-electron chi connectivity index (χ3n) is 2.44. The van der Waals surface area contributed by atoms with Crippen molar-refractivity contribution < 1.29 is 8.81 Å².